The van der Waals surface area contributed by atoms with Crippen LogP contribution in [0.5, 0.6) is 0 Å². The summed E-state index contributed by atoms with van der Waals surface area (Å²) < 4.78 is 0. The van der Waals surface area contributed by atoms with Gasteiger partial charge in [0, 0.05) is 12.6 Å². The quantitative estimate of drug-likeness (QED) is 0.640. The number of carboxylic acids is 1. The second kappa shape index (κ2) is 5.94. The van der Waals surface area contributed by atoms with Gasteiger partial charge in [-0.05, 0) is 27.2 Å². The molecule has 2 N–H and O–H groups in total. The Bertz CT molecular complexity index is 157. The first-order chi connectivity index (χ1) is 5.93. The van der Waals surface area contributed by atoms with Crippen molar-refractivity contribution in [2.45, 2.75) is 39.3 Å². The van der Waals surface area contributed by atoms with Gasteiger partial charge in [-0.15, -0.1) is 0 Å². The van der Waals surface area contributed by atoms with Gasteiger partial charge in [0.2, 0.25) is 0 Å². The maximum atomic E-state index is 10.5. The van der Waals surface area contributed by atoms with E-state index in [9.17, 15) is 4.79 Å². The van der Waals surface area contributed by atoms with E-state index in [1.807, 2.05) is 18.7 Å². The molecule has 0 aromatic rings. The predicted octanol–water partition coefficient (Wildman–Crippen LogP) is 0.552. The molecule has 1 atom stereocenters. The first kappa shape index (κ1) is 12.4. The average Bonchev–Trinajstić information content (AvgIpc) is 1.96. The molecule has 0 aliphatic carbocycles. The predicted molar refractivity (Wildman–Crippen MR) is 50.6 cm³/mol. The van der Waals surface area contributed by atoms with E-state index in [-0.39, 0.29) is 18.7 Å². The van der Waals surface area contributed by atoms with Crippen molar-refractivity contribution >= 4 is 5.97 Å². The van der Waals surface area contributed by atoms with Crippen molar-refractivity contribution in [3.8, 4) is 0 Å². The molecule has 0 aromatic carbocycles. The molecule has 0 spiro atoms. The second-order valence-corrected chi connectivity index (χ2v) is 3.60. The zero-order valence-corrected chi connectivity index (χ0v) is 8.53. The molecule has 0 aliphatic rings. The third-order valence-corrected chi connectivity index (χ3v) is 1.90. The molecule has 13 heavy (non-hydrogen) atoms. The third-order valence-electron chi connectivity index (χ3n) is 1.90. The molecule has 0 aliphatic heterocycles. The SMILES string of the molecule is CC(O)CCN(CC(=O)O)C(C)C. The molecule has 0 rings (SSSR count). The Labute approximate surface area is 79.2 Å². The van der Waals surface area contributed by atoms with Crippen LogP contribution in [0, 0.1) is 0 Å². The maximum absolute atomic E-state index is 10.5. The lowest BCUT2D eigenvalue weighted by atomic mass is 10.2. The Morgan fingerprint density at radius 2 is 1.92 bits per heavy atom. The molecule has 78 valence electrons. The minimum atomic E-state index is -0.820. The Morgan fingerprint density at radius 3 is 2.23 bits per heavy atom. The fourth-order valence-electron chi connectivity index (χ4n) is 1.05. The van der Waals surface area contributed by atoms with Crippen LogP contribution in [0.3, 0.4) is 0 Å². The molecule has 0 saturated carbocycles. The highest BCUT2D eigenvalue weighted by Gasteiger charge is 2.13. The van der Waals surface area contributed by atoms with Crippen molar-refractivity contribution in [3.05, 3.63) is 0 Å². The van der Waals surface area contributed by atoms with Gasteiger partial charge in [0.1, 0.15) is 0 Å². The van der Waals surface area contributed by atoms with Gasteiger partial charge in [-0.2, -0.15) is 0 Å². The van der Waals surface area contributed by atoms with E-state index in [0.29, 0.717) is 13.0 Å². The van der Waals surface area contributed by atoms with Crippen molar-refractivity contribution in [2.24, 2.45) is 0 Å². The number of rotatable bonds is 6. The number of aliphatic hydroxyl groups is 1. The molecule has 0 fully saturated rings. The van der Waals surface area contributed by atoms with Crippen molar-refractivity contribution in [3.63, 3.8) is 0 Å². The first-order valence-electron chi connectivity index (χ1n) is 4.57. The summed E-state index contributed by atoms with van der Waals surface area (Å²) in [6.07, 6.45) is 0.251. The molecule has 4 heteroatoms. The molecular weight excluding hydrogens is 170 g/mol. The van der Waals surface area contributed by atoms with Gasteiger partial charge in [-0.25, -0.2) is 0 Å². The van der Waals surface area contributed by atoms with Crippen LogP contribution in [0.15, 0.2) is 0 Å². The number of aliphatic carboxylic acids is 1. The van der Waals surface area contributed by atoms with E-state index in [0.717, 1.165) is 0 Å². The van der Waals surface area contributed by atoms with Gasteiger partial charge in [-0.1, -0.05) is 0 Å². The lowest BCUT2D eigenvalue weighted by Gasteiger charge is -2.24. The van der Waals surface area contributed by atoms with Gasteiger partial charge < -0.3 is 10.2 Å². The normalized spacial score (nSPS) is 13.7. The summed E-state index contributed by atoms with van der Waals surface area (Å²) in [5.41, 5.74) is 0. The second-order valence-electron chi connectivity index (χ2n) is 3.60. The summed E-state index contributed by atoms with van der Waals surface area (Å²) in [5.74, 6) is -0.820. The minimum absolute atomic E-state index is 0.0460. The van der Waals surface area contributed by atoms with Crippen LogP contribution in [-0.4, -0.2) is 46.3 Å². The number of carbonyl (C=O) groups is 1. The van der Waals surface area contributed by atoms with Crippen LogP contribution in [0.4, 0.5) is 0 Å². The largest absolute Gasteiger partial charge is 0.480 e. The highest BCUT2D eigenvalue weighted by atomic mass is 16.4. The molecule has 0 aromatic heterocycles. The number of nitrogens with zero attached hydrogens (tertiary/aromatic N) is 1. The minimum Gasteiger partial charge on any atom is -0.480 e. The molecule has 4 nitrogen and oxygen atoms in total. The van der Waals surface area contributed by atoms with Gasteiger partial charge in [0.25, 0.3) is 0 Å². The van der Waals surface area contributed by atoms with Crippen molar-refractivity contribution < 1.29 is 15.0 Å². The Kier molecular flexibility index (Phi) is 5.66. The van der Waals surface area contributed by atoms with Gasteiger partial charge in [-0.3, -0.25) is 9.69 Å². The lowest BCUT2D eigenvalue weighted by molar-refractivity contribution is -0.138. The Hall–Kier alpha value is -0.610. The van der Waals surface area contributed by atoms with Gasteiger partial charge in [0.05, 0.1) is 12.6 Å². The lowest BCUT2D eigenvalue weighted by Crippen LogP contribution is -2.37. The maximum Gasteiger partial charge on any atom is 0.317 e. The highest BCUT2D eigenvalue weighted by Crippen LogP contribution is 2.01. The molecule has 0 saturated heterocycles. The number of aliphatic hydroxyl groups excluding tert-OH is 1. The molecular formula is C9H19NO3. The molecule has 0 bridgehead atoms. The first-order valence-corrected chi connectivity index (χ1v) is 4.57. The van der Waals surface area contributed by atoms with E-state index in [4.69, 9.17) is 10.2 Å². The smallest absolute Gasteiger partial charge is 0.317 e. The van der Waals surface area contributed by atoms with Crippen molar-refractivity contribution in [2.75, 3.05) is 13.1 Å². The topological polar surface area (TPSA) is 60.8 Å². The average molecular weight is 189 g/mol. The van der Waals surface area contributed by atoms with Crippen LogP contribution in [0.2, 0.25) is 0 Å². The molecule has 0 amide bonds. The van der Waals surface area contributed by atoms with E-state index in [1.165, 1.54) is 0 Å². The van der Waals surface area contributed by atoms with Crippen LogP contribution in [-0.2, 0) is 4.79 Å². The van der Waals surface area contributed by atoms with Crippen LogP contribution < -0.4 is 0 Å². The summed E-state index contributed by atoms with van der Waals surface area (Å²) in [7, 11) is 0. The van der Waals surface area contributed by atoms with Crippen LogP contribution in [0.25, 0.3) is 0 Å². The van der Waals surface area contributed by atoms with Crippen molar-refractivity contribution in [1.29, 1.82) is 0 Å². The zero-order valence-electron chi connectivity index (χ0n) is 8.53. The fraction of sp³-hybridized carbons (Fsp3) is 0.889. The monoisotopic (exact) mass is 189 g/mol. The number of hydrogen-bond acceptors (Lipinski definition) is 3. The van der Waals surface area contributed by atoms with E-state index >= 15 is 0 Å². The fourth-order valence-corrected chi connectivity index (χ4v) is 1.05. The standard InChI is InChI=1S/C9H19NO3/c1-7(2)10(6-9(12)13)5-4-8(3)11/h7-8,11H,4-6H2,1-3H3,(H,12,13). The summed E-state index contributed by atoms with van der Waals surface area (Å²) in [6.45, 7) is 6.28. The summed E-state index contributed by atoms with van der Waals surface area (Å²) in [5, 5.41) is 17.6. The van der Waals surface area contributed by atoms with Crippen LogP contribution >= 0.6 is 0 Å². The number of hydrogen-bond donors (Lipinski definition) is 2. The molecule has 0 radical (unpaired) electrons. The van der Waals surface area contributed by atoms with E-state index in [2.05, 4.69) is 0 Å². The third kappa shape index (κ3) is 6.54. The molecule has 0 heterocycles. The summed E-state index contributed by atoms with van der Waals surface area (Å²) in [6, 6.07) is 0.204. The van der Waals surface area contributed by atoms with Crippen LogP contribution in [0.1, 0.15) is 27.2 Å². The highest BCUT2D eigenvalue weighted by molar-refractivity contribution is 5.69. The zero-order chi connectivity index (χ0) is 10.4. The Balaban J connectivity index is 3.88. The number of carboxylic acid groups (broad SMARTS) is 1. The van der Waals surface area contributed by atoms with Gasteiger partial charge in [0.15, 0.2) is 0 Å². The van der Waals surface area contributed by atoms with E-state index < -0.39 is 5.97 Å². The summed E-state index contributed by atoms with van der Waals surface area (Å²) in [4.78, 5) is 12.3. The van der Waals surface area contributed by atoms with Gasteiger partial charge >= 0.3 is 5.97 Å². The summed E-state index contributed by atoms with van der Waals surface area (Å²) >= 11 is 0. The molecule has 1 unspecified atom stereocenters. The Morgan fingerprint density at radius 1 is 1.38 bits per heavy atom. The van der Waals surface area contributed by atoms with Crippen molar-refractivity contribution in [1.82, 2.24) is 4.90 Å². The van der Waals surface area contributed by atoms with E-state index in [1.54, 1.807) is 6.92 Å².